The van der Waals surface area contributed by atoms with E-state index < -0.39 is 0 Å². The Balaban J connectivity index is 0.00000192. The third-order valence-corrected chi connectivity index (χ3v) is 4.64. The molecule has 0 aliphatic heterocycles. The molecule has 0 aliphatic carbocycles. The number of rotatable bonds is 3. The highest BCUT2D eigenvalue weighted by Crippen LogP contribution is 2.27. The first-order valence-corrected chi connectivity index (χ1v) is 8.73. The van der Waals surface area contributed by atoms with Crippen molar-refractivity contribution in [1.82, 2.24) is 14.8 Å². The van der Waals surface area contributed by atoms with Crippen LogP contribution in [0.25, 0.3) is 33.3 Å². The number of hydrogen-bond donors (Lipinski definition) is 0. The quantitative estimate of drug-likeness (QED) is 0.431. The van der Waals surface area contributed by atoms with Gasteiger partial charge in [-0.05, 0) is 53.5 Å². The molecule has 0 spiro atoms. The van der Waals surface area contributed by atoms with Crippen LogP contribution in [0.4, 0.5) is 0 Å². The molecule has 0 radical (unpaired) electrons. The maximum absolute atomic E-state index is 5.26. The first kappa shape index (κ1) is 17.9. The molecule has 0 aliphatic rings. The van der Waals surface area contributed by atoms with E-state index >= 15 is 0 Å². The molecule has 0 saturated heterocycles. The largest absolute Gasteiger partial charge is 1.00 e. The Morgan fingerprint density at radius 3 is 2.36 bits per heavy atom. The minimum Gasteiger partial charge on any atom is -1.00 e. The normalized spacial score (nSPS) is 10.8. The Bertz CT molecular complexity index is 1250. The Kier molecular flexibility index (Phi) is 4.67. The van der Waals surface area contributed by atoms with Gasteiger partial charge in [0.2, 0.25) is 0 Å². The zero-order chi connectivity index (χ0) is 18.2. The number of methoxy groups -OCH3 is 1. The van der Waals surface area contributed by atoms with Crippen molar-refractivity contribution in [3.8, 4) is 17.3 Å². The summed E-state index contributed by atoms with van der Waals surface area (Å²) in [7, 11) is 1.67. The minimum atomic E-state index is 0. The van der Waals surface area contributed by atoms with Crippen molar-refractivity contribution >= 4 is 21.8 Å². The van der Waals surface area contributed by atoms with Crippen molar-refractivity contribution < 1.29 is 21.7 Å². The fourth-order valence-corrected chi connectivity index (χ4v) is 3.29. The van der Waals surface area contributed by atoms with Crippen LogP contribution in [-0.4, -0.2) is 21.9 Å². The summed E-state index contributed by atoms with van der Waals surface area (Å²) in [6, 6.07) is 22.0. The zero-order valence-electron chi connectivity index (χ0n) is 15.2. The van der Waals surface area contributed by atoms with E-state index in [1.54, 1.807) is 7.11 Å². The smallest absolute Gasteiger partial charge is 0.356 e. The number of para-hydroxylation sites is 1. The highest BCUT2D eigenvalue weighted by Gasteiger charge is 2.21. The topological polar surface area (TPSA) is 43.8 Å². The van der Waals surface area contributed by atoms with Gasteiger partial charge in [-0.15, -0.1) is 0 Å². The predicted molar refractivity (Wildman–Crippen MR) is 104 cm³/mol. The van der Waals surface area contributed by atoms with Gasteiger partial charge in [0, 0.05) is 17.0 Å². The third-order valence-electron chi connectivity index (χ3n) is 4.64. The van der Waals surface area contributed by atoms with Crippen molar-refractivity contribution in [2.45, 2.75) is 0 Å². The standard InChI is InChI=1S/C22H17N4O.ClH/c1-27-17-11-9-16(10-12-17)26-15-19-18-7-3-4-8-20(18)23-22(21(19)24-26)25-13-5-2-6-14-25;/h2-15H,1H3;1H/q+1;/p-1. The van der Waals surface area contributed by atoms with Crippen LogP contribution in [0.15, 0.2) is 85.3 Å². The molecule has 0 atom stereocenters. The van der Waals surface area contributed by atoms with Gasteiger partial charge in [-0.1, -0.05) is 18.2 Å². The lowest BCUT2D eigenvalue weighted by atomic mass is 10.1. The highest BCUT2D eigenvalue weighted by molar-refractivity contribution is 6.06. The SMILES string of the molecule is COc1ccc(-n2cc3c(n2)c(-[n+]2ccccc2)nc2ccccc23)cc1.[Cl-]. The molecule has 5 nitrogen and oxygen atoms in total. The molecule has 3 heterocycles. The lowest BCUT2D eigenvalue weighted by Gasteiger charge is -2.02. The molecule has 0 amide bonds. The van der Waals surface area contributed by atoms with Gasteiger partial charge in [0.1, 0.15) is 5.75 Å². The van der Waals surface area contributed by atoms with Crippen LogP contribution < -0.4 is 21.7 Å². The number of aromatic nitrogens is 4. The molecule has 28 heavy (non-hydrogen) atoms. The van der Waals surface area contributed by atoms with Crippen LogP contribution in [0.2, 0.25) is 0 Å². The number of fused-ring (bicyclic) bond motifs is 3. The van der Waals surface area contributed by atoms with E-state index in [2.05, 4.69) is 12.3 Å². The molecule has 5 rings (SSSR count). The number of hydrogen-bond acceptors (Lipinski definition) is 3. The highest BCUT2D eigenvalue weighted by atomic mass is 35.5. The fraction of sp³-hybridized carbons (Fsp3) is 0.0455. The first-order valence-electron chi connectivity index (χ1n) is 8.73. The summed E-state index contributed by atoms with van der Waals surface area (Å²) in [5, 5.41) is 7.02. The van der Waals surface area contributed by atoms with E-state index in [9.17, 15) is 0 Å². The first-order chi connectivity index (χ1) is 13.3. The molecule has 138 valence electrons. The average Bonchev–Trinajstić information content (AvgIpc) is 3.19. The Labute approximate surface area is 168 Å². The summed E-state index contributed by atoms with van der Waals surface area (Å²) < 4.78 is 9.15. The van der Waals surface area contributed by atoms with Crippen LogP contribution in [0, 0.1) is 0 Å². The number of benzene rings is 2. The molecule has 0 fully saturated rings. The van der Waals surface area contributed by atoms with Crippen LogP contribution in [0.3, 0.4) is 0 Å². The summed E-state index contributed by atoms with van der Waals surface area (Å²) in [5.74, 6) is 1.64. The summed E-state index contributed by atoms with van der Waals surface area (Å²) in [5.41, 5.74) is 2.78. The van der Waals surface area contributed by atoms with E-state index in [0.29, 0.717) is 0 Å². The van der Waals surface area contributed by atoms with Crippen LogP contribution >= 0.6 is 0 Å². The van der Waals surface area contributed by atoms with Crippen molar-refractivity contribution in [1.29, 1.82) is 0 Å². The zero-order valence-corrected chi connectivity index (χ0v) is 15.9. The number of ether oxygens (including phenoxy) is 1. The monoisotopic (exact) mass is 388 g/mol. The van der Waals surface area contributed by atoms with Gasteiger partial charge in [-0.3, -0.25) is 0 Å². The lowest BCUT2D eigenvalue weighted by molar-refractivity contribution is -0.598. The molecular weight excluding hydrogens is 372 g/mol. The van der Waals surface area contributed by atoms with Gasteiger partial charge in [-0.25, -0.2) is 9.25 Å². The molecule has 0 bridgehead atoms. The van der Waals surface area contributed by atoms with Crippen molar-refractivity contribution in [2.24, 2.45) is 0 Å². The number of halogens is 1. The van der Waals surface area contributed by atoms with Gasteiger partial charge < -0.3 is 17.1 Å². The predicted octanol–water partition coefficient (Wildman–Crippen LogP) is 0.863. The molecule has 5 aromatic rings. The fourth-order valence-electron chi connectivity index (χ4n) is 3.29. The second-order valence-corrected chi connectivity index (χ2v) is 6.27. The summed E-state index contributed by atoms with van der Waals surface area (Å²) >= 11 is 0. The average molecular weight is 389 g/mol. The molecule has 6 heteroatoms. The third kappa shape index (κ3) is 2.96. The number of nitrogens with zero attached hydrogens (tertiary/aromatic N) is 4. The molecule has 0 N–H and O–H groups in total. The van der Waals surface area contributed by atoms with Crippen LogP contribution in [-0.2, 0) is 0 Å². The Morgan fingerprint density at radius 1 is 0.857 bits per heavy atom. The van der Waals surface area contributed by atoms with E-state index in [1.807, 2.05) is 82.3 Å². The van der Waals surface area contributed by atoms with Gasteiger partial charge in [0.15, 0.2) is 11.0 Å². The lowest BCUT2D eigenvalue weighted by Crippen LogP contribution is -3.00. The van der Waals surface area contributed by atoms with E-state index in [1.165, 1.54) is 0 Å². The minimum absolute atomic E-state index is 0. The van der Waals surface area contributed by atoms with Crippen molar-refractivity contribution in [3.63, 3.8) is 0 Å². The maximum atomic E-state index is 5.26. The van der Waals surface area contributed by atoms with Gasteiger partial charge >= 0.3 is 5.82 Å². The summed E-state index contributed by atoms with van der Waals surface area (Å²) in [4.78, 5) is 4.88. The Hall–Kier alpha value is -3.44. The van der Waals surface area contributed by atoms with Crippen LogP contribution in [0.5, 0.6) is 5.75 Å². The molecule has 0 unspecified atom stereocenters. The number of pyridine rings is 2. The van der Waals surface area contributed by atoms with Crippen LogP contribution in [0.1, 0.15) is 0 Å². The summed E-state index contributed by atoms with van der Waals surface area (Å²) in [6.45, 7) is 0. The molecular formula is C22H17ClN4O. The van der Waals surface area contributed by atoms with E-state index in [4.69, 9.17) is 14.8 Å². The molecule has 3 aromatic heterocycles. The van der Waals surface area contributed by atoms with E-state index in [-0.39, 0.29) is 12.4 Å². The van der Waals surface area contributed by atoms with Crippen molar-refractivity contribution in [2.75, 3.05) is 7.11 Å². The second-order valence-electron chi connectivity index (χ2n) is 6.27. The van der Waals surface area contributed by atoms with Gasteiger partial charge in [-0.2, -0.15) is 5.10 Å². The second kappa shape index (κ2) is 7.29. The molecule has 0 saturated carbocycles. The van der Waals surface area contributed by atoms with Gasteiger partial charge in [0.25, 0.3) is 0 Å². The molecule has 2 aromatic carbocycles. The van der Waals surface area contributed by atoms with Gasteiger partial charge in [0.05, 0.1) is 25.2 Å². The van der Waals surface area contributed by atoms with Crippen molar-refractivity contribution in [3.05, 3.63) is 85.3 Å². The summed E-state index contributed by atoms with van der Waals surface area (Å²) in [6.07, 6.45) is 6.04. The van der Waals surface area contributed by atoms with E-state index in [0.717, 1.165) is 39.1 Å². The maximum Gasteiger partial charge on any atom is 0.356 e. The Morgan fingerprint density at radius 2 is 1.61 bits per heavy atom.